The molecule has 6 rings (SSSR count). The predicted octanol–water partition coefficient (Wildman–Crippen LogP) is 2.89. The summed E-state index contributed by atoms with van der Waals surface area (Å²) < 4.78 is 2.12. The molecule has 0 aliphatic heterocycles. The van der Waals surface area contributed by atoms with E-state index >= 15 is 0 Å². The van der Waals surface area contributed by atoms with Crippen LogP contribution in [0, 0.1) is 22.2 Å². The van der Waals surface area contributed by atoms with Crippen molar-refractivity contribution in [3.05, 3.63) is 18.7 Å². The smallest absolute Gasteiger partial charge is 0.226 e. The molecule has 4 atom stereocenters. The Hall–Kier alpha value is -1.36. The summed E-state index contributed by atoms with van der Waals surface area (Å²) in [7, 11) is 0. The molecule has 0 radical (unpaired) electrons. The van der Waals surface area contributed by atoms with Crippen LogP contribution in [-0.4, -0.2) is 32.7 Å². The SMILES string of the molecule is CC[C@]12C[C@@H]3C[C@@](O)(C1)C[C@@](C(=O)NCC1(Cn4ccnc4)CC1)(C3)C2. The minimum Gasteiger partial charge on any atom is -0.390 e. The maximum absolute atomic E-state index is 13.3. The molecule has 26 heavy (non-hydrogen) atoms. The maximum atomic E-state index is 13.3. The first kappa shape index (κ1) is 16.8. The highest BCUT2D eigenvalue weighted by atomic mass is 16.3. The van der Waals surface area contributed by atoms with Gasteiger partial charge < -0.3 is 15.0 Å². The van der Waals surface area contributed by atoms with Crippen LogP contribution in [0.3, 0.4) is 0 Å². The quantitative estimate of drug-likeness (QED) is 0.823. The average molecular weight is 357 g/mol. The number of carbonyl (C=O) groups is 1. The molecule has 142 valence electrons. The number of nitrogens with zero attached hydrogens (tertiary/aromatic N) is 2. The second-order valence-electron chi connectivity index (χ2n) is 10.3. The maximum Gasteiger partial charge on any atom is 0.226 e. The Balaban J connectivity index is 1.30. The first-order valence-electron chi connectivity index (χ1n) is 10.3. The Labute approximate surface area is 155 Å². The Kier molecular flexibility index (Phi) is 3.45. The van der Waals surface area contributed by atoms with Gasteiger partial charge in [0.2, 0.25) is 5.91 Å². The van der Waals surface area contributed by atoms with Crippen molar-refractivity contribution in [2.45, 2.75) is 76.9 Å². The van der Waals surface area contributed by atoms with Crippen molar-refractivity contribution >= 4 is 5.91 Å². The van der Waals surface area contributed by atoms with E-state index in [1.165, 1.54) is 19.3 Å². The lowest BCUT2D eigenvalue weighted by Crippen LogP contribution is -2.64. The van der Waals surface area contributed by atoms with Crippen LogP contribution >= 0.6 is 0 Å². The number of carbonyl (C=O) groups excluding carboxylic acids is 1. The lowest BCUT2D eigenvalue weighted by molar-refractivity contribution is -0.204. The normalized spacial score (nSPS) is 42.0. The molecule has 5 nitrogen and oxygen atoms in total. The molecule has 0 aromatic carbocycles. The number of nitrogens with one attached hydrogen (secondary N) is 1. The number of rotatable bonds is 6. The van der Waals surface area contributed by atoms with Gasteiger partial charge in [-0.05, 0) is 62.7 Å². The van der Waals surface area contributed by atoms with Gasteiger partial charge in [0.05, 0.1) is 17.3 Å². The van der Waals surface area contributed by atoms with Crippen LogP contribution in [0.4, 0.5) is 0 Å². The molecule has 1 aromatic rings. The van der Waals surface area contributed by atoms with E-state index in [4.69, 9.17) is 0 Å². The monoisotopic (exact) mass is 357 g/mol. The zero-order valence-electron chi connectivity index (χ0n) is 15.8. The van der Waals surface area contributed by atoms with Crippen LogP contribution in [0.2, 0.25) is 0 Å². The van der Waals surface area contributed by atoms with Gasteiger partial charge in [0, 0.05) is 30.9 Å². The summed E-state index contributed by atoms with van der Waals surface area (Å²) in [5.41, 5.74) is -0.520. The van der Waals surface area contributed by atoms with Crippen LogP contribution < -0.4 is 5.32 Å². The van der Waals surface area contributed by atoms with E-state index in [1.54, 1.807) is 0 Å². The fourth-order valence-electron chi connectivity index (χ4n) is 7.02. The lowest BCUT2D eigenvalue weighted by Gasteiger charge is -2.64. The minimum absolute atomic E-state index is 0.194. The van der Waals surface area contributed by atoms with Crippen LogP contribution in [0.5, 0.6) is 0 Å². The number of imidazole rings is 1. The summed E-state index contributed by atoms with van der Waals surface area (Å²) in [6.45, 7) is 3.94. The molecule has 5 saturated carbocycles. The Bertz CT molecular complexity index is 713. The average Bonchev–Trinajstić information content (AvgIpc) is 3.14. The van der Waals surface area contributed by atoms with Crippen molar-refractivity contribution in [2.75, 3.05) is 6.54 Å². The summed E-state index contributed by atoms with van der Waals surface area (Å²) in [6, 6.07) is 0. The summed E-state index contributed by atoms with van der Waals surface area (Å²) in [4.78, 5) is 17.5. The third-order valence-electron chi connectivity index (χ3n) is 8.04. The highest BCUT2D eigenvalue weighted by molar-refractivity contribution is 5.83. The summed E-state index contributed by atoms with van der Waals surface area (Å²) in [5.74, 6) is 0.748. The van der Waals surface area contributed by atoms with Crippen molar-refractivity contribution in [1.82, 2.24) is 14.9 Å². The number of amides is 1. The minimum atomic E-state index is -0.596. The zero-order chi connectivity index (χ0) is 18.0. The van der Waals surface area contributed by atoms with Gasteiger partial charge in [-0.1, -0.05) is 13.3 Å². The third-order valence-corrected chi connectivity index (χ3v) is 8.04. The largest absolute Gasteiger partial charge is 0.390 e. The third kappa shape index (κ3) is 2.62. The van der Waals surface area contributed by atoms with Gasteiger partial charge in [0.1, 0.15) is 0 Å². The molecule has 5 aliphatic carbocycles. The first-order valence-corrected chi connectivity index (χ1v) is 10.3. The number of hydrogen-bond donors (Lipinski definition) is 2. The van der Waals surface area contributed by atoms with Crippen molar-refractivity contribution in [2.24, 2.45) is 22.2 Å². The van der Waals surface area contributed by atoms with Crippen LogP contribution in [0.1, 0.15) is 64.7 Å². The molecule has 0 unspecified atom stereocenters. The summed E-state index contributed by atoms with van der Waals surface area (Å²) in [6.07, 6.45) is 14.8. The van der Waals surface area contributed by atoms with Gasteiger partial charge in [0.25, 0.3) is 0 Å². The molecule has 0 spiro atoms. The second-order valence-corrected chi connectivity index (χ2v) is 10.3. The van der Waals surface area contributed by atoms with Crippen LogP contribution in [-0.2, 0) is 11.3 Å². The van der Waals surface area contributed by atoms with Crippen molar-refractivity contribution in [1.29, 1.82) is 0 Å². The molecular formula is C21H31N3O2. The van der Waals surface area contributed by atoms with E-state index in [2.05, 4.69) is 21.8 Å². The van der Waals surface area contributed by atoms with Crippen molar-refractivity contribution in [3.8, 4) is 0 Å². The van der Waals surface area contributed by atoms with Crippen molar-refractivity contribution < 1.29 is 9.90 Å². The highest BCUT2D eigenvalue weighted by Crippen LogP contribution is 2.67. The first-order chi connectivity index (χ1) is 12.4. The van der Waals surface area contributed by atoms with Crippen molar-refractivity contribution in [3.63, 3.8) is 0 Å². The molecule has 4 bridgehead atoms. The molecule has 2 N–H and O–H groups in total. The van der Waals surface area contributed by atoms with Gasteiger partial charge in [-0.3, -0.25) is 4.79 Å². The van der Waals surface area contributed by atoms with Gasteiger partial charge in [-0.15, -0.1) is 0 Å². The Morgan fingerprint density at radius 1 is 1.27 bits per heavy atom. The standard InChI is InChI=1S/C21H31N3O2/c1-2-18-7-16-8-20(10-18,12-21(26,9-16)11-18)17(25)23-13-19(3-4-19)14-24-6-5-22-15-24/h5-6,15-16,26H,2-4,7-14H2,1H3,(H,23,25)/t16-,18+,20+,21+/m0/s1. The number of aliphatic hydroxyl groups is 1. The molecule has 5 fully saturated rings. The molecule has 1 aromatic heterocycles. The van der Waals surface area contributed by atoms with Crippen LogP contribution in [0.15, 0.2) is 18.7 Å². The predicted molar refractivity (Wildman–Crippen MR) is 98.2 cm³/mol. The zero-order valence-corrected chi connectivity index (χ0v) is 15.8. The molecule has 5 heteroatoms. The van der Waals surface area contributed by atoms with E-state index in [0.29, 0.717) is 12.3 Å². The lowest BCUT2D eigenvalue weighted by atomic mass is 9.42. The Morgan fingerprint density at radius 2 is 2.12 bits per heavy atom. The molecule has 1 amide bonds. The molecule has 1 heterocycles. The number of hydrogen-bond acceptors (Lipinski definition) is 3. The molecular weight excluding hydrogens is 326 g/mol. The molecule has 5 aliphatic rings. The Morgan fingerprint density at radius 3 is 2.77 bits per heavy atom. The summed E-state index contributed by atoms with van der Waals surface area (Å²) >= 11 is 0. The molecule has 0 saturated heterocycles. The van der Waals surface area contributed by atoms with Crippen LogP contribution in [0.25, 0.3) is 0 Å². The van der Waals surface area contributed by atoms with E-state index in [1.807, 2.05) is 18.7 Å². The topological polar surface area (TPSA) is 67.2 Å². The number of aromatic nitrogens is 2. The van der Waals surface area contributed by atoms with E-state index in [9.17, 15) is 9.90 Å². The van der Waals surface area contributed by atoms with E-state index in [-0.39, 0.29) is 22.2 Å². The van der Waals surface area contributed by atoms with E-state index < -0.39 is 5.60 Å². The van der Waals surface area contributed by atoms with Gasteiger partial charge in [-0.2, -0.15) is 0 Å². The van der Waals surface area contributed by atoms with Gasteiger partial charge >= 0.3 is 0 Å². The second kappa shape index (κ2) is 5.34. The summed E-state index contributed by atoms with van der Waals surface area (Å²) in [5, 5.41) is 14.5. The van der Waals surface area contributed by atoms with Gasteiger partial charge in [-0.25, -0.2) is 4.98 Å². The van der Waals surface area contributed by atoms with Gasteiger partial charge in [0.15, 0.2) is 0 Å². The van der Waals surface area contributed by atoms with E-state index in [0.717, 1.165) is 45.2 Å². The fraction of sp³-hybridized carbons (Fsp3) is 0.810. The highest BCUT2D eigenvalue weighted by Gasteiger charge is 2.64. The fourth-order valence-corrected chi connectivity index (χ4v) is 7.02.